The third-order valence-electron chi connectivity index (χ3n) is 2.25. The van der Waals surface area contributed by atoms with Crippen molar-refractivity contribution in [2.45, 2.75) is 12.5 Å². The highest BCUT2D eigenvalue weighted by Crippen LogP contribution is 2.14. The van der Waals surface area contributed by atoms with Gasteiger partial charge in [-0.1, -0.05) is 28.1 Å². The number of pyridine rings is 1. The first-order chi connectivity index (χ1) is 8.28. The number of ether oxygens (including phenoxy) is 1. The molecule has 0 aliphatic heterocycles. The SMILES string of the molecule is ClCc1ccc(OCc2ccc(Br)cc2)cn1. The molecule has 88 valence electrons. The summed E-state index contributed by atoms with van der Waals surface area (Å²) >= 11 is 9.05. The molecule has 0 spiro atoms. The van der Waals surface area contributed by atoms with E-state index in [0.717, 1.165) is 21.5 Å². The van der Waals surface area contributed by atoms with Gasteiger partial charge in [0, 0.05) is 4.47 Å². The number of hydrogen-bond donors (Lipinski definition) is 0. The zero-order chi connectivity index (χ0) is 12.1. The largest absolute Gasteiger partial charge is 0.487 e. The Morgan fingerprint density at radius 3 is 2.47 bits per heavy atom. The Bertz CT molecular complexity index is 470. The molecule has 4 heteroatoms. The Balaban J connectivity index is 1.95. The van der Waals surface area contributed by atoms with Crippen molar-refractivity contribution in [1.29, 1.82) is 0 Å². The molecule has 1 heterocycles. The Hall–Kier alpha value is -1.06. The first-order valence-corrected chi connectivity index (χ1v) is 6.49. The fourth-order valence-corrected chi connectivity index (χ4v) is 1.75. The summed E-state index contributed by atoms with van der Waals surface area (Å²) in [5.41, 5.74) is 1.97. The standard InChI is InChI=1S/C13H11BrClNO/c14-11-3-1-10(2-4-11)9-17-13-6-5-12(7-15)16-8-13/h1-6,8H,7,9H2. The maximum absolute atomic E-state index is 5.66. The van der Waals surface area contributed by atoms with Gasteiger partial charge in [0.2, 0.25) is 0 Å². The topological polar surface area (TPSA) is 22.1 Å². The van der Waals surface area contributed by atoms with E-state index in [0.29, 0.717) is 12.5 Å². The van der Waals surface area contributed by atoms with E-state index >= 15 is 0 Å². The molecule has 0 N–H and O–H groups in total. The predicted octanol–water partition coefficient (Wildman–Crippen LogP) is 4.16. The molecule has 17 heavy (non-hydrogen) atoms. The maximum atomic E-state index is 5.66. The molecule has 0 aliphatic rings. The highest BCUT2D eigenvalue weighted by atomic mass is 79.9. The van der Waals surface area contributed by atoms with Crippen LogP contribution in [0.5, 0.6) is 5.75 Å². The smallest absolute Gasteiger partial charge is 0.138 e. The van der Waals surface area contributed by atoms with E-state index in [9.17, 15) is 0 Å². The van der Waals surface area contributed by atoms with E-state index in [-0.39, 0.29) is 0 Å². The highest BCUT2D eigenvalue weighted by Gasteiger charge is 1.97. The van der Waals surface area contributed by atoms with Gasteiger partial charge in [0.25, 0.3) is 0 Å². The van der Waals surface area contributed by atoms with Crippen molar-refractivity contribution in [3.05, 3.63) is 58.3 Å². The summed E-state index contributed by atoms with van der Waals surface area (Å²) < 4.78 is 6.67. The van der Waals surface area contributed by atoms with E-state index in [2.05, 4.69) is 20.9 Å². The molecule has 0 atom stereocenters. The molecule has 0 aliphatic carbocycles. The zero-order valence-electron chi connectivity index (χ0n) is 9.07. The quantitative estimate of drug-likeness (QED) is 0.791. The second-order valence-electron chi connectivity index (χ2n) is 3.53. The number of nitrogens with zero attached hydrogens (tertiary/aromatic N) is 1. The molecular formula is C13H11BrClNO. The highest BCUT2D eigenvalue weighted by molar-refractivity contribution is 9.10. The van der Waals surface area contributed by atoms with E-state index in [1.807, 2.05) is 36.4 Å². The first kappa shape index (κ1) is 12.4. The first-order valence-electron chi connectivity index (χ1n) is 5.16. The monoisotopic (exact) mass is 311 g/mol. The third-order valence-corrected chi connectivity index (χ3v) is 3.06. The summed E-state index contributed by atoms with van der Waals surface area (Å²) in [5.74, 6) is 1.18. The minimum absolute atomic E-state index is 0.424. The van der Waals surface area contributed by atoms with Crippen LogP contribution in [0.4, 0.5) is 0 Å². The molecular weight excluding hydrogens is 302 g/mol. The van der Waals surface area contributed by atoms with Gasteiger partial charge in [0.05, 0.1) is 17.8 Å². The Morgan fingerprint density at radius 2 is 1.88 bits per heavy atom. The molecule has 2 nitrogen and oxygen atoms in total. The average molecular weight is 313 g/mol. The van der Waals surface area contributed by atoms with Gasteiger partial charge >= 0.3 is 0 Å². The molecule has 0 saturated carbocycles. The van der Waals surface area contributed by atoms with Crippen molar-refractivity contribution in [2.75, 3.05) is 0 Å². The lowest BCUT2D eigenvalue weighted by Crippen LogP contribution is -1.96. The van der Waals surface area contributed by atoms with Gasteiger partial charge in [-0.3, -0.25) is 4.98 Å². The number of rotatable bonds is 4. The molecule has 2 rings (SSSR count). The van der Waals surface area contributed by atoms with Gasteiger partial charge in [-0.25, -0.2) is 0 Å². The van der Waals surface area contributed by atoms with Gasteiger partial charge < -0.3 is 4.74 Å². The van der Waals surface area contributed by atoms with Crippen LogP contribution in [0.15, 0.2) is 47.1 Å². The second kappa shape index (κ2) is 6.03. The molecule has 0 amide bonds. The van der Waals surface area contributed by atoms with Gasteiger partial charge in [-0.2, -0.15) is 0 Å². The van der Waals surface area contributed by atoms with Crippen LogP contribution >= 0.6 is 27.5 Å². The van der Waals surface area contributed by atoms with Gasteiger partial charge in [0.1, 0.15) is 12.4 Å². The lowest BCUT2D eigenvalue weighted by atomic mass is 10.2. The van der Waals surface area contributed by atoms with Crippen LogP contribution in [0.2, 0.25) is 0 Å². The van der Waals surface area contributed by atoms with Crippen LogP contribution in [0, 0.1) is 0 Å². The predicted molar refractivity (Wildman–Crippen MR) is 72.3 cm³/mol. The molecule has 1 aromatic carbocycles. The summed E-state index contributed by atoms with van der Waals surface area (Å²) in [4.78, 5) is 4.16. The zero-order valence-corrected chi connectivity index (χ0v) is 11.4. The number of hydrogen-bond acceptors (Lipinski definition) is 2. The van der Waals surface area contributed by atoms with Gasteiger partial charge in [0.15, 0.2) is 0 Å². The molecule has 1 aromatic heterocycles. The molecule has 0 bridgehead atoms. The van der Waals surface area contributed by atoms with Crippen molar-refractivity contribution >= 4 is 27.5 Å². The van der Waals surface area contributed by atoms with Crippen LogP contribution in [-0.2, 0) is 12.5 Å². The van der Waals surface area contributed by atoms with E-state index < -0.39 is 0 Å². The Kier molecular flexibility index (Phi) is 4.40. The molecule has 2 aromatic rings. The maximum Gasteiger partial charge on any atom is 0.138 e. The summed E-state index contributed by atoms with van der Waals surface area (Å²) in [6.07, 6.45) is 1.69. The normalized spacial score (nSPS) is 10.2. The number of halogens is 2. The summed E-state index contributed by atoms with van der Waals surface area (Å²) in [6, 6.07) is 11.8. The van der Waals surface area contributed by atoms with Crippen molar-refractivity contribution in [3.8, 4) is 5.75 Å². The fraction of sp³-hybridized carbons (Fsp3) is 0.154. The molecule has 0 unspecified atom stereocenters. The summed E-state index contributed by atoms with van der Waals surface area (Å²) in [6.45, 7) is 0.537. The molecule has 0 radical (unpaired) electrons. The number of benzene rings is 1. The number of alkyl halides is 1. The lowest BCUT2D eigenvalue weighted by molar-refractivity contribution is 0.305. The van der Waals surface area contributed by atoms with Crippen LogP contribution < -0.4 is 4.74 Å². The average Bonchev–Trinajstić information content (AvgIpc) is 2.39. The third kappa shape index (κ3) is 3.72. The molecule has 0 saturated heterocycles. The van der Waals surface area contributed by atoms with Gasteiger partial charge in [-0.05, 0) is 29.8 Å². The van der Waals surface area contributed by atoms with Crippen molar-refractivity contribution < 1.29 is 4.74 Å². The lowest BCUT2D eigenvalue weighted by Gasteiger charge is -2.06. The number of aromatic nitrogens is 1. The second-order valence-corrected chi connectivity index (χ2v) is 4.72. The van der Waals surface area contributed by atoms with Crippen LogP contribution in [0.3, 0.4) is 0 Å². The Morgan fingerprint density at radius 1 is 1.12 bits per heavy atom. The minimum atomic E-state index is 0.424. The van der Waals surface area contributed by atoms with Crippen molar-refractivity contribution in [3.63, 3.8) is 0 Å². The van der Waals surface area contributed by atoms with Crippen LogP contribution in [0.1, 0.15) is 11.3 Å². The van der Waals surface area contributed by atoms with E-state index in [1.165, 1.54) is 0 Å². The van der Waals surface area contributed by atoms with Crippen LogP contribution in [0.25, 0.3) is 0 Å². The summed E-state index contributed by atoms with van der Waals surface area (Å²) in [5, 5.41) is 0. The minimum Gasteiger partial charge on any atom is -0.487 e. The fourth-order valence-electron chi connectivity index (χ4n) is 1.32. The molecule has 0 fully saturated rings. The Labute approximate surface area is 114 Å². The summed E-state index contributed by atoms with van der Waals surface area (Å²) in [7, 11) is 0. The van der Waals surface area contributed by atoms with E-state index in [1.54, 1.807) is 6.20 Å². The van der Waals surface area contributed by atoms with Crippen molar-refractivity contribution in [1.82, 2.24) is 4.98 Å². The van der Waals surface area contributed by atoms with Crippen LogP contribution in [-0.4, -0.2) is 4.98 Å². The van der Waals surface area contributed by atoms with Crippen molar-refractivity contribution in [2.24, 2.45) is 0 Å². The van der Waals surface area contributed by atoms with E-state index in [4.69, 9.17) is 16.3 Å². The van der Waals surface area contributed by atoms with Gasteiger partial charge in [-0.15, -0.1) is 11.6 Å².